The molecule has 230 valence electrons. The van der Waals surface area contributed by atoms with E-state index in [1.165, 1.54) is 11.1 Å². The van der Waals surface area contributed by atoms with Crippen LogP contribution in [-0.2, 0) is 36.0 Å². The second-order valence-corrected chi connectivity index (χ2v) is 13.0. The van der Waals surface area contributed by atoms with Crippen molar-refractivity contribution in [3.8, 4) is 0 Å². The molecular weight excluding hydrogens is 549 g/mol. The molecule has 2 aliphatic rings. The Hall–Kier alpha value is -2.46. The third-order valence-corrected chi connectivity index (χ3v) is 10.2. The third kappa shape index (κ3) is 9.81. The van der Waals surface area contributed by atoms with Crippen LogP contribution < -0.4 is 10.6 Å². The Balaban J connectivity index is 1.74. The molecule has 1 saturated carbocycles. The van der Waals surface area contributed by atoms with Gasteiger partial charge in [-0.1, -0.05) is 56.4 Å². The van der Waals surface area contributed by atoms with Gasteiger partial charge in [-0.05, 0) is 56.6 Å². The molecular formula is C29H46N3O8P. The van der Waals surface area contributed by atoms with E-state index in [-0.39, 0.29) is 37.9 Å². The number of carbonyl (C=O) groups excluding carboxylic acids is 2. The van der Waals surface area contributed by atoms with Gasteiger partial charge in [0.25, 0.3) is 0 Å². The van der Waals surface area contributed by atoms with E-state index < -0.39 is 37.5 Å². The number of hydrogen-bond acceptors (Lipinski definition) is 7. The number of fused-ring (bicyclic) bond motifs is 1. The number of aliphatic hydroxyl groups is 1. The molecule has 41 heavy (non-hydrogen) atoms. The molecule has 1 aliphatic carbocycles. The summed E-state index contributed by atoms with van der Waals surface area (Å²) in [6.45, 7) is 4.35. The average Bonchev–Trinajstić information content (AvgIpc) is 3.18. The fourth-order valence-corrected chi connectivity index (χ4v) is 7.60. The molecule has 1 heterocycles. The summed E-state index contributed by atoms with van der Waals surface area (Å²) < 4.78 is 24.2. The molecule has 12 heteroatoms. The minimum absolute atomic E-state index is 0.00709. The van der Waals surface area contributed by atoms with Crippen molar-refractivity contribution in [1.82, 2.24) is 15.5 Å². The van der Waals surface area contributed by atoms with Crippen molar-refractivity contribution in [1.29, 1.82) is 0 Å². The number of amides is 3. The lowest BCUT2D eigenvalue weighted by Gasteiger charge is -2.32. The molecule has 1 aliphatic heterocycles. The van der Waals surface area contributed by atoms with Crippen LogP contribution in [0.1, 0.15) is 76.3 Å². The van der Waals surface area contributed by atoms with Gasteiger partial charge in [0.1, 0.15) is 6.04 Å². The summed E-state index contributed by atoms with van der Waals surface area (Å²) in [4.78, 5) is 40.0. The van der Waals surface area contributed by atoms with Crippen molar-refractivity contribution >= 4 is 25.5 Å². The van der Waals surface area contributed by atoms with Crippen molar-refractivity contribution < 1.29 is 38.2 Å². The van der Waals surface area contributed by atoms with Crippen LogP contribution in [0.25, 0.3) is 0 Å². The van der Waals surface area contributed by atoms with Gasteiger partial charge in [-0.25, -0.2) is 4.79 Å². The zero-order valence-corrected chi connectivity index (χ0v) is 25.2. The van der Waals surface area contributed by atoms with Gasteiger partial charge in [0.15, 0.2) is 5.85 Å². The van der Waals surface area contributed by atoms with Gasteiger partial charge in [-0.3, -0.25) is 14.2 Å². The Labute approximate surface area is 242 Å². The molecule has 11 nitrogen and oxygen atoms in total. The lowest BCUT2D eigenvalue weighted by Crippen LogP contribution is -2.53. The van der Waals surface area contributed by atoms with Crippen molar-refractivity contribution in [2.24, 2.45) is 5.92 Å². The molecule has 3 atom stereocenters. The van der Waals surface area contributed by atoms with Gasteiger partial charge < -0.3 is 34.8 Å². The van der Waals surface area contributed by atoms with Gasteiger partial charge >= 0.3 is 13.7 Å². The lowest BCUT2D eigenvalue weighted by molar-refractivity contribution is -0.132. The average molecular weight is 596 g/mol. The van der Waals surface area contributed by atoms with Gasteiger partial charge in [0.05, 0.1) is 19.3 Å². The van der Waals surface area contributed by atoms with E-state index in [0.29, 0.717) is 19.5 Å². The Morgan fingerprint density at radius 2 is 1.59 bits per heavy atom. The first kappa shape index (κ1) is 33.0. The molecule has 4 N–H and O–H groups in total. The van der Waals surface area contributed by atoms with Crippen LogP contribution in [0.2, 0.25) is 0 Å². The topological polar surface area (TPSA) is 154 Å². The zero-order valence-electron chi connectivity index (χ0n) is 24.3. The maximum atomic E-state index is 13.5. The van der Waals surface area contributed by atoms with E-state index in [0.717, 1.165) is 44.9 Å². The van der Waals surface area contributed by atoms with Crippen LogP contribution in [0.4, 0.5) is 4.79 Å². The number of carbonyl (C=O) groups is 3. The summed E-state index contributed by atoms with van der Waals surface area (Å²) in [5, 5.41) is 25.6. The number of hydrogen-bond donors (Lipinski definition) is 4. The number of nitrogens with one attached hydrogen (secondary N) is 2. The van der Waals surface area contributed by atoms with Crippen LogP contribution in [0, 0.1) is 5.92 Å². The standard InChI is InChI=1S/C29H46N3O8P/c1-3-39-41(38,40-4-2)28(35)24(30-27(34)25(31-29(36)37)20-21-10-6-5-7-11-21)14-15-26(33)32-18-16-22-12-8-9-13-23(22)17-19-32/h8-9,12-13,21,24-25,28,31,35H,3-7,10-11,14-20H2,1-2H3,(H,30,34)(H,36,37). The van der Waals surface area contributed by atoms with E-state index in [1.54, 1.807) is 18.7 Å². The van der Waals surface area contributed by atoms with Gasteiger partial charge in [0.2, 0.25) is 11.8 Å². The van der Waals surface area contributed by atoms with E-state index in [1.807, 2.05) is 12.1 Å². The normalized spacial score (nSPS) is 18.5. The molecule has 0 spiro atoms. The molecule has 1 aromatic carbocycles. The summed E-state index contributed by atoms with van der Waals surface area (Å²) in [5.41, 5.74) is 2.43. The molecule has 0 bridgehead atoms. The van der Waals surface area contributed by atoms with Gasteiger partial charge in [-0.2, -0.15) is 0 Å². The van der Waals surface area contributed by atoms with Crippen molar-refractivity contribution in [3.05, 3.63) is 35.4 Å². The highest BCUT2D eigenvalue weighted by Gasteiger charge is 2.42. The number of nitrogens with zero attached hydrogens (tertiary/aromatic N) is 1. The van der Waals surface area contributed by atoms with E-state index >= 15 is 0 Å². The first-order valence-electron chi connectivity index (χ1n) is 14.9. The number of benzene rings is 1. The molecule has 1 fully saturated rings. The highest BCUT2D eigenvalue weighted by molar-refractivity contribution is 7.54. The highest BCUT2D eigenvalue weighted by atomic mass is 31.2. The molecule has 3 rings (SSSR count). The molecule has 3 amide bonds. The Bertz CT molecular complexity index is 1030. The van der Waals surface area contributed by atoms with Crippen LogP contribution in [0.15, 0.2) is 24.3 Å². The van der Waals surface area contributed by atoms with Gasteiger partial charge in [-0.15, -0.1) is 0 Å². The first-order valence-corrected chi connectivity index (χ1v) is 16.5. The monoisotopic (exact) mass is 595 g/mol. The fourth-order valence-electron chi connectivity index (χ4n) is 5.84. The van der Waals surface area contributed by atoms with Crippen molar-refractivity contribution in [2.75, 3.05) is 26.3 Å². The Kier molecular flexibility index (Phi) is 13.1. The van der Waals surface area contributed by atoms with E-state index in [2.05, 4.69) is 22.8 Å². The quantitative estimate of drug-likeness (QED) is 0.235. The Morgan fingerprint density at radius 1 is 1.00 bits per heavy atom. The second-order valence-electron chi connectivity index (χ2n) is 10.8. The first-order chi connectivity index (χ1) is 19.7. The molecule has 0 aromatic heterocycles. The zero-order chi connectivity index (χ0) is 29.8. The highest BCUT2D eigenvalue weighted by Crippen LogP contribution is 2.53. The van der Waals surface area contributed by atoms with Crippen molar-refractivity contribution in [2.45, 2.75) is 96.0 Å². The smallest absolute Gasteiger partial charge is 0.405 e. The maximum Gasteiger partial charge on any atom is 0.405 e. The van der Waals surface area contributed by atoms with Crippen LogP contribution in [0.5, 0.6) is 0 Å². The Morgan fingerprint density at radius 3 is 2.12 bits per heavy atom. The summed E-state index contributed by atoms with van der Waals surface area (Å²) in [6.07, 6.45) is 5.42. The van der Waals surface area contributed by atoms with Crippen LogP contribution in [-0.4, -0.2) is 77.3 Å². The van der Waals surface area contributed by atoms with E-state index in [9.17, 15) is 29.2 Å². The summed E-state index contributed by atoms with van der Waals surface area (Å²) in [6, 6.07) is 5.90. The fraction of sp³-hybridized carbons (Fsp3) is 0.690. The minimum Gasteiger partial charge on any atom is -0.465 e. The molecule has 1 aromatic rings. The number of aliphatic hydroxyl groups excluding tert-OH is 1. The summed E-state index contributed by atoms with van der Waals surface area (Å²) in [7, 11) is -4.07. The van der Waals surface area contributed by atoms with Gasteiger partial charge in [0, 0.05) is 19.5 Å². The predicted octanol–water partition coefficient (Wildman–Crippen LogP) is 4.07. The number of rotatable bonds is 14. The van der Waals surface area contributed by atoms with E-state index in [4.69, 9.17) is 9.05 Å². The maximum absolute atomic E-state index is 13.5. The SMILES string of the molecule is CCOP(=O)(OCC)C(O)C(CCC(=O)N1CCc2ccccc2CC1)NC(=O)C(CC1CCCCC1)NC(=O)O. The molecule has 0 radical (unpaired) electrons. The molecule has 0 saturated heterocycles. The molecule has 3 unspecified atom stereocenters. The third-order valence-electron chi connectivity index (χ3n) is 7.98. The predicted molar refractivity (Wildman–Crippen MR) is 155 cm³/mol. The van der Waals surface area contributed by atoms with Crippen molar-refractivity contribution in [3.63, 3.8) is 0 Å². The minimum atomic E-state index is -4.07. The lowest BCUT2D eigenvalue weighted by atomic mass is 9.84. The van der Waals surface area contributed by atoms with Crippen LogP contribution >= 0.6 is 7.60 Å². The summed E-state index contributed by atoms with van der Waals surface area (Å²) >= 11 is 0. The number of carboxylic acid groups (broad SMARTS) is 1. The summed E-state index contributed by atoms with van der Waals surface area (Å²) in [5.74, 6) is -2.33. The second kappa shape index (κ2) is 16.2. The largest absolute Gasteiger partial charge is 0.465 e. The van der Waals surface area contributed by atoms with Crippen LogP contribution in [0.3, 0.4) is 0 Å².